The molecule has 2 rings (SSSR count). The molecule has 0 saturated carbocycles. The molecule has 114 valence electrons. The first kappa shape index (κ1) is 15.6. The summed E-state index contributed by atoms with van der Waals surface area (Å²) < 4.78 is 11.5. The van der Waals surface area contributed by atoms with E-state index in [1.54, 1.807) is 6.26 Å². The number of furan rings is 1. The number of ether oxygens (including phenoxy) is 1. The molecule has 0 aliphatic heterocycles. The van der Waals surface area contributed by atoms with Gasteiger partial charge in [-0.25, -0.2) is 0 Å². The molecule has 0 spiro atoms. The van der Waals surface area contributed by atoms with Gasteiger partial charge >= 0.3 is 0 Å². The van der Waals surface area contributed by atoms with Crippen LogP contribution in [0.2, 0.25) is 0 Å². The van der Waals surface area contributed by atoms with Gasteiger partial charge in [0.05, 0.1) is 12.8 Å². The van der Waals surface area contributed by atoms with Crippen LogP contribution in [0.3, 0.4) is 0 Å². The Morgan fingerprint density at radius 2 is 2.00 bits per heavy atom. The van der Waals surface area contributed by atoms with E-state index in [1.807, 2.05) is 6.07 Å². The predicted molar refractivity (Wildman–Crippen MR) is 85.5 cm³/mol. The van der Waals surface area contributed by atoms with E-state index >= 15 is 0 Å². The topological polar surface area (TPSA) is 34.4 Å². The summed E-state index contributed by atoms with van der Waals surface area (Å²) in [6, 6.07) is 8.25. The smallest absolute Gasteiger partial charge is 0.124 e. The van der Waals surface area contributed by atoms with Crippen LogP contribution in [0.15, 0.2) is 34.9 Å². The summed E-state index contributed by atoms with van der Waals surface area (Å²) in [5.41, 5.74) is 3.47. The van der Waals surface area contributed by atoms with Crippen molar-refractivity contribution in [2.24, 2.45) is 5.92 Å². The van der Waals surface area contributed by atoms with Gasteiger partial charge in [-0.2, -0.15) is 0 Å². The van der Waals surface area contributed by atoms with Crippen LogP contribution >= 0.6 is 0 Å². The molecule has 0 atom stereocenters. The highest BCUT2D eigenvalue weighted by molar-refractivity contribution is 5.36. The van der Waals surface area contributed by atoms with Crippen molar-refractivity contribution < 1.29 is 9.15 Å². The van der Waals surface area contributed by atoms with E-state index < -0.39 is 0 Å². The van der Waals surface area contributed by atoms with Crippen LogP contribution in [0, 0.1) is 19.8 Å². The minimum atomic E-state index is 0.541. The zero-order chi connectivity index (χ0) is 15.2. The van der Waals surface area contributed by atoms with Crippen molar-refractivity contribution in [3.05, 3.63) is 53.0 Å². The van der Waals surface area contributed by atoms with Crippen molar-refractivity contribution in [2.75, 3.05) is 6.54 Å². The average Bonchev–Trinajstić information content (AvgIpc) is 2.87. The minimum Gasteiger partial charge on any atom is -0.488 e. The molecule has 3 nitrogen and oxygen atoms in total. The Balaban J connectivity index is 1.94. The Morgan fingerprint density at radius 3 is 2.76 bits per heavy atom. The summed E-state index contributed by atoms with van der Waals surface area (Å²) in [7, 11) is 0. The zero-order valence-corrected chi connectivity index (χ0v) is 13.4. The molecular weight excluding hydrogens is 262 g/mol. The third-order valence-corrected chi connectivity index (χ3v) is 3.40. The van der Waals surface area contributed by atoms with E-state index in [0.29, 0.717) is 12.5 Å². The number of hydrogen-bond acceptors (Lipinski definition) is 3. The Bertz CT molecular complexity index is 572. The third-order valence-electron chi connectivity index (χ3n) is 3.40. The van der Waals surface area contributed by atoms with Crippen LogP contribution < -0.4 is 10.1 Å². The van der Waals surface area contributed by atoms with Gasteiger partial charge in [-0.1, -0.05) is 26.0 Å². The fraction of sp³-hybridized carbons (Fsp3) is 0.444. The van der Waals surface area contributed by atoms with E-state index in [-0.39, 0.29) is 0 Å². The zero-order valence-electron chi connectivity index (χ0n) is 13.4. The summed E-state index contributed by atoms with van der Waals surface area (Å²) in [5, 5.41) is 3.40. The predicted octanol–water partition coefficient (Wildman–Crippen LogP) is 4.22. The van der Waals surface area contributed by atoms with Gasteiger partial charge in [0.25, 0.3) is 0 Å². The quantitative estimate of drug-likeness (QED) is 0.828. The van der Waals surface area contributed by atoms with Crippen molar-refractivity contribution >= 4 is 0 Å². The van der Waals surface area contributed by atoms with Crippen LogP contribution in [0.25, 0.3) is 0 Å². The third kappa shape index (κ3) is 4.64. The van der Waals surface area contributed by atoms with Crippen molar-refractivity contribution in [3.63, 3.8) is 0 Å². The van der Waals surface area contributed by atoms with Gasteiger partial charge in [-0.3, -0.25) is 0 Å². The molecule has 1 N–H and O–H groups in total. The summed E-state index contributed by atoms with van der Waals surface area (Å²) in [5.74, 6) is 2.54. The van der Waals surface area contributed by atoms with Crippen LogP contribution in [0.5, 0.6) is 5.75 Å². The molecule has 0 amide bonds. The largest absolute Gasteiger partial charge is 0.488 e. The summed E-state index contributed by atoms with van der Waals surface area (Å²) in [6.07, 6.45) is 1.73. The molecule has 0 fully saturated rings. The normalized spacial score (nSPS) is 11.1. The number of rotatable bonds is 7. The van der Waals surface area contributed by atoms with Crippen molar-refractivity contribution in [1.82, 2.24) is 5.32 Å². The maximum Gasteiger partial charge on any atom is 0.124 e. The first-order chi connectivity index (χ1) is 10.1. The van der Waals surface area contributed by atoms with Gasteiger partial charge < -0.3 is 14.5 Å². The maximum absolute atomic E-state index is 5.94. The van der Waals surface area contributed by atoms with E-state index in [2.05, 4.69) is 51.2 Å². The number of nitrogens with one attached hydrogen (secondary N) is 1. The van der Waals surface area contributed by atoms with E-state index in [0.717, 1.165) is 35.7 Å². The second-order valence-corrected chi connectivity index (χ2v) is 5.95. The van der Waals surface area contributed by atoms with E-state index in [9.17, 15) is 0 Å². The molecule has 2 aromatic rings. The second kappa shape index (κ2) is 7.32. The lowest BCUT2D eigenvalue weighted by atomic mass is 10.1. The van der Waals surface area contributed by atoms with Gasteiger partial charge in [-0.15, -0.1) is 0 Å². The summed E-state index contributed by atoms with van der Waals surface area (Å²) in [6.45, 7) is 10.8. The Kier molecular flexibility index (Phi) is 5.45. The van der Waals surface area contributed by atoms with Crippen molar-refractivity contribution in [3.8, 4) is 5.75 Å². The second-order valence-electron chi connectivity index (χ2n) is 5.95. The van der Waals surface area contributed by atoms with Gasteiger partial charge in [0.2, 0.25) is 0 Å². The lowest BCUT2D eigenvalue weighted by Gasteiger charge is -2.11. The molecule has 1 aromatic carbocycles. The molecule has 0 unspecified atom stereocenters. The Labute approximate surface area is 127 Å². The molecule has 0 radical (unpaired) electrons. The first-order valence-electron chi connectivity index (χ1n) is 7.52. The molecule has 21 heavy (non-hydrogen) atoms. The highest BCUT2D eigenvalue weighted by Crippen LogP contribution is 2.21. The molecule has 0 saturated heterocycles. The molecule has 3 heteroatoms. The van der Waals surface area contributed by atoms with Gasteiger partial charge in [-0.05, 0) is 49.6 Å². The molecular formula is C18H25NO2. The van der Waals surface area contributed by atoms with E-state index in [4.69, 9.17) is 9.15 Å². The van der Waals surface area contributed by atoms with Gasteiger partial charge in [0, 0.05) is 5.56 Å². The first-order valence-corrected chi connectivity index (χ1v) is 7.52. The van der Waals surface area contributed by atoms with Crippen LogP contribution in [0.1, 0.15) is 36.3 Å². The summed E-state index contributed by atoms with van der Waals surface area (Å²) >= 11 is 0. The van der Waals surface area contributed by atoms with Gasteiger partial charge in [0.1, 0.15) is 18.1 Å². The highest BCUT2D eigenvalue weighted by atomic mass is 16.5. The van der Waals surface area contributed by atoms with E-state index in [1.165, 1.54) is 5.56 Å². The molecule has 1 heterocycles. The van der Waals surface area contributed by atoms with Crippen molar-refractivity contribution in [1.29, 1.82) is 0 Å². The van der Waals surface area contributed by atoms with Gasteiger partial charge in [0.15, 0.2) is 0 Å². The summed E-state index contributed by atoms with van der Waals surface area (Å²) in [4.78, 5) is 0. The fourth-order valence-corrected chi connectivity index (χ4v) is 2.14. The number of benzene rings is 1. The highest BCUT2D eigenvalue weighted by Gasteiger charge is 2.08. The van der Waals surface area contributed by atoms with Crippen LogP contribution in [-0.2, 0) is 13.2 Å². The molecule has 0 aliphatic carbocycles. The fourth-order valence-electron chi connectivity index (χ4n) is 2.14. The molecule has 0 aliphatic rings. The standard InChI is InChI=1S/C18H25NO2/c1-13(2)10-19-11-18-16(7-8-20-18)12-21-17-9-14(3)5-6-15(17)4/h5-9,13,19H,10-12H2,1-4H3. The number of hydrogen-bond donors (Lipinski definition) is 1. The molecule has 0 bridgehead atoms. The maximum atomic E-state index is 5.94. The Hall–Kier alpha value is -1.74. The van der Waals surface area contributed by atoms with Crippen LogP contribution in [-0.4, -0.2) is 6.54 Å². The number of aryl methyl sites for hydroxylation is 2. The lowest BCUT2D eigenvalue weighted by Crippen LogP contribution is -2.19. The lowest BCUT2D eigenvalue weighted by molar-refractivity contribution is 0.299. The monoisotopic (exact) mass is 287 g/mol. The Morgan fingerprint density at radius 1 is 1.19 bits per heavy atom. The van der Waals surface area contributed by atoms with Crippen molar-refractivity contribution in [2.45, 2.75) is 40.8 Å². The van der Waals surface area contributed by atoms with Crippen LogP contribution in [0.4, 0.5) is 0 Å². The SMILES string of the molecule is Cc1ccc(C)c(OCc2ccoc2CNCC(C)C)c1. The minimum absolute atomic E-state index is 0.541. The molecule has 1 aromatic heterocycles. The average molecular weight is 287 g/mol.